The number of anilines is 2. The van der Waals surface area contributed by atoms with E-state index < -0.39 is 0 Å². The second-order valence-corrected chi connectivity index (χ2v) is 3.17. The summed E-state index contributed by atoms with van der Waals surface area (Å²) in [6.07, 6.45) is 0.177. The Balaban J connectivity index is 2.92. The van der Waals surface area contributed by atoms with Gasteiger partial charge < -0.3 is 15.8 Å². The lowest BCUT2D eigenvalue weighted by atomic mass is 10.2. The van der Waals surface area contributed by atoms with Crippen LogP contribution in [0.1, 0.15) is 13.8 Å². The highest BCUT2D eigenvalue weighted by Crippen LogP contribution is 2.27. The van der Waals surface area contributed by atoms with Gasteiger partial charge in [-0.1, -0.05) is 0 Å². The monoisotopic (exact) mass is 180 g/mol. The minimum Gasteiger partial charge on any atom is -0.489 e. The van der Waals surface area contributed by atoms with E-state index in [0.29, 0.717) is 0 Å². The fraction of sp³-hybridized carbons (Fsp3) is 0.400. The van der Waals surface area contributed by atoms with Crippen LogP contribution in [0.25, 0.3) is 0 Å². The van der Waals surface area contributed by atoms with Gasteiger partial charge in [-0.15, -0.1) is 0 Å². The molecule has 3 heteroatoms. The molecule has 3 N–H and O–H groups in total. The summed E-state index contributed by atoms with van der Waals surface area (Å²) in [5, 5.41) is 3.04. The van der Waals surface area contributed by atoms with Gasteiger partial charge in [0.25, 0.3) is 0 Å². The van der Waals surface area contributed by atoms with Crippen LogP contribution in [-0.2, 0) is 0 Å². The lowest BCUT2D eigenvalue weighted by Gasteiger charge is -2.14. The molecule has 13 heavy (non-hydrogen) atoms. The Bertz CT molecular complexity index is 284. The molecule has 0 spiro atoms. The topological polar surface area (TPSA) is 47.3 Å². The molecule has 0 bridgehead atoms. The number of benzene rings is 1. The molecule has 0 saturated carbocycles. The van der Waals surface area contributed by atoms with Crippen LogP contribution in [0.5, 0.6) is 5.75 Å². The fourth-order valence-electron chi connectivity index (χ4n) is 1.10. The minimum atomic E-state index is 0.177. The summed E-state index contributed by atoms with van der Waals surface area (Å²) >= 11 is 0. The predicted molar refractivity (Wildman–Crippen MR) is 56.2 cm³/mol. The number of rotatable bonds is 3. The van der Waals surface area contributed by atoms with Crippen LogP contribution in [0, 0.1) is 0 Å². The van der Waals surface area contributed by atoms with Crippen LogP contribution in [0.3, 0.4) is 0 Å². The van der Waals surface area contributed by atoms with Crippen molar-refractivity contribution >= 4 is 11.4 Å². The maximum atomic E-state index is 5.64. The van der Waals surface area contributed by atoms with E-state index in [9.17, 15) is 0 Å². The molecular weight excluding hydrogens is 164 g/mol. The van der Waals surface area contributed by atoms with E-state index in [1.165, 1.54) is 0 Å². The highest BCUT2D eigenvalue weighted by molar-refractivity contribution is 5.63. The molecule has 0 atom stereocenters. The molecule has 0 heterocycles. The molecule has 72 valence electrons. The van der Waals surface area contributed by atoms with Crippen LogP contribution in [0.4, 0.5) is 11.4 Å². The van der Waals surface area contributed by atoms with Crippen molar-refractivity contribution in [1.29, 1.82) is 0 Å². The van der Waals surface area contributed by atoms with Crippen LogP contribution in [0.15, 0.2) is 18.2 Å². The molecule has 0 aromatic heterocycles. The lowest BCUT2D eigenvalue weighted by Crippen LogP contribution is -2.07. The molecule has 0 aliphatic rings. The highest BCUT2D eigenvalue weighted by Gasteiger charge is 2.03. The Hall–Kier alpha value is -1.38. The van der Waals surface area contributed by atoms with E-state index in [1.807, 2.05) is 39.1 Å². The highest BCUT2D eigenvalue weighted by atomic mass is 16.5. The van der Waals surface area contributed by atoms with Gasteiger partial charge in [-0.2, -0.15) is 0 Å². The Labute approximate surface area is 78.9 Å². The molecule has 0 saturated heterocycles. The molecular formula is C10H16N2O. The second kappa shape index (κ2) is 4.03. The van der Waals surface area contributed by atoms with Gasteiger partial charge in [-0.05, 0) is 32.0 Å². The second-order valence-electron chi connectivity index (χ2n) is 3.17. The number of ether oxygens (including phenoxy) is 1. The first kappa shape index (κ1) is 9.71. The molecule has 3 nitrogen and oxygen atoms in total. The van der Waals surface area contributed by atoms with Crippen molar-refractivity contribution in [1.82, 2.24) is 0 Å². The first-order valence-corrected chi connectivity index (χ1v) is 4.37. The van der Waals surface area contributed by atoms with Crippen molar-refractivity contribution in [2.75, 3.05) is 18.1 Å². The summed E-state index contributed by atoms with van der Waals surface area (Å²) in [6.45, 7) is 3.99. The number of nitrogen functional groups attached to an aromatic ring is 1. The molecule has 1 aromatic rings. The minimum absolute atomic E-state index is 0.177. The fourth-order valence-corrected chi connectivity index (χ4v) is 1.10. The Kier molecular flexibility index (Phi) is 3.01. The zero-order chi connectivity index (χ0) is 9.84. The van der Waals surface area contributed by atoms with Gasteiger partial charge in [0, 0.05) is 12.7 Å². The van der Waals surface area contributed by atoms with Crippen molar-refractivity contribution in [3.8, 4) is 5.75 Å². The van der Waals surface area contributed by atoms with Crippen molar-refractivity contribution < 1.29 is 4.74 Å². The standard InChI is InChI=1S/C10H16N2O/c1-7(2)13-10-5-4-8(11)6-9(10)12-3/h4-7,12H,11H2,1-3H3. The van der Waals surface area contributed by atoms with Gasteiger partial charge >= 0.3 is 0 Å². The van der Waals surface area contributed by atoms with Crippen LogP contribution >= 0.6 is 0 Å². The average molecular weight is 180 g/mol. The zero-order valence-electron chi connectivity index (χ0n) is 8.29. The third-order valence-electron chi connectivity index (χ3n) is 1.64. The van der Waals surface area contributed by atoms with Gasteiger partial charge in [0.2, 0.25) is 0 Å². The molecule has 0 aliphatic heterocycles. The molecule has 0 fully saturated rings. The van der Waals surface area contributed by atoms with Crippen molar-refractivity contribution in [3.63, 3.8) is 0 Å². The molecule has 0 aliphatic carbocycles. The van der Waals surface area contributed by atoms with Crippen molar-refractivity contribution in [2.45, 2.75) is 20.0 Å². The number of nitrogens with two attached hydrogens (primary N) is 1. The summed E-state index contributed by atoms with van der Waals surface area (Å²) in [7, 11) is 1.85. The number of hydrogen-bond acceptors (Lipinski definition) is 3. The zero-order valence-corrected chi connectivity index (χ0v) is 8.29. The Morgan fingerprint density at radius 3 is 2.62 bits per heavy atom. The normalized spacial score (nSPS) is 10.2. The summed E-state index contributed by atoms with van der Waals surface area (Å²) in [6, 6.07) is 5.57. The van der Waals surface area contributed by atoms with E-state index in [1.54, 1.807) is 0 Å². The van der Waals surface area contributed by atoms with Crippen molar-refractivity contribution in [2.24, 2.45) is 0 Å². The van der Waals surface area contributed by atoms with Crippen molar-refractivity contribution in [3.05, 3.63) is 18.2 Å². The van der Waals surface area contributed by atoms with Gasteiger partial charge in [-0.25, -0.2) is 0 Å². The third kappa shape index (κ3) is 2.54. The largest absolute Gasteiger partial charge is 0.489 e. The SMILES string of the molecule is CNc1cc(N)ccc1OC(C)C. The molecule has 0 unspecified atom stereocenters. The summed E-state index contributed by atoms with van der Waals surface area (Å²) in [5.74, 6) is 0.840. The quantitative estimate of drug-likeness (QED) is 0.700. The number of nitrogens with one attached hydrogen (secondary N) is 1. The maximum Gasteiger partial charge on any atom is 0.142 e. The lowest BCUT2D eigenvalue weighted by molar-refractivity contribution is 0.244. The van der Waals surface area contributed by atoms with E-state index in [2.05, 4.69) is 5.32 Å². The third-order valence-corrected chi connectivity index (χ3v) is 1.64. The smallest absolute Gasteiger partial charge is 0.142 e. The first-order valence-electron chi connectivity index (χ1n) is 4.37. The van der Waals surface area contributed by atoms with Gasteiger partial charge in [0.1, 0.15) is 5.75 Å². The van der Waals surface area contributed by atoms with E-state index in [4.69, 9.17) is 10.5 Å². The van der Waals surface area contributed by atoms with Crippen LogP contribution < -0.4 is 15.8 Å². The predicted octanol–water partition coefficient (Wildman–Crippen LogP) is 2.10. The average Bonchev–Trinajstić information content (AvgIpc) is 2.07. The van der Waals surface area contributed by atoms with Gasteiger partial charge in [0.15, 0.2) is 0 Å². The van der Waals surface area contributed by atoms with Crippen LogP contribution in [0.2, 0.25) is 0 Å². The van der Waals surface area contributed by atoms with E-state index in [-0.39, 0.29) is 6.10 Å². The first-order chi connectivity index (χ1) is 6.13. The molecule has 0 radical (unpaired) electrons. The maximum absolute atomic E-state index is 5.64. The molecule has 1 aromatic carbocycles. The Morgan fingerprint density at radius 2 is 2.08 bits per heavy atom. The van der Waals surface area contributed by atoms with E-state index >= 15 is 0 Å². The summed E-state index contributed by atoms with van der Waals surface area (Å²) in [4.78, 5) is 0. The summed E-state index contributed by atoms with van der Waals surface area (Å²) in [5.41, 5.74) is 7.30. The van der Waals surface area contributed by atoms with Crippen LogP contribution in [-0.4, -0.2) is 13.2 Å². The number of hydrogen-bond donors (Lipinski definition) is 2. The molecule has 0 amide bonds. The van der Waals surface area contributed by atoms with Gasteiger partial charge in [0.05, 0.1) is 11.8 Å². The van der Waals surface area contributed by atoms with Gasteiger partial charge in [-0.3, -0.25) is 0 Å². The molecule has 1 rings (SSSR count). The van der Waals surface area contributed by atoms with E-state index in [0.717, 1.165) is 17.1 Å². The summed E-state index contributed by atoms with van der Waals surface area (Å²) < 4.78 is 5.57. The Morgan fingerprint density at radius 1 is 1.38 bits per heavy atom.